The van der Waals surface area contributed by atoms with E-state index in [1.807, 2.05) is 14.0 Å². The molecule has 0 saturated carbocycles. The predicted molar refractivity (Wildman–Crippen MR) is 68.6 cm³/mol. The van der Waals surface area contributed by atoms with Crippen molar-refractivity contribution in [3.8, 4) is 0 Å². The van der Waals surface area contributed by atoms with Crippen LogP contribution in [0, 0.1) is 5.92 Å². The number of urea groups is 1. The van der Waals surface area contributed by atoms with Crippen molar-refractivity contribution < 1.29 is 19.5 Å². The molecule has 1 heterocycles. The van der Waals surface area contributed by atoms with E-state index in [1.54, 1.807) is 0 Å². The van der Waals surface area contributed by atoms with Gasteiger partial charge < -0.3 is 15.3 Å². The number of aliphatic carboxylic acids is 1. The Hall–Kier alpha value is -1.63. The highest BCUT2D eigenvalue weighted by atomic mass is 16.4. The van der Waals surface area contributed by atoms with Gasteiger partial charge in [0.05, 0.1) is 6.42 Å². The first-order valence-electron chi connectivity index (χ1n) is 6.39. The third-order valence-electron chi connectivity index (χ3n) is 3.24. The molecule has 1 aliphatic rings. The molecular formula is C12H21N3O4. The van der Waals surface area contributed by atoms with Crippen molar-refractivity contribution in [2.24, 2.45) is 5.92 Å². The minimum Gasteiger partial charge on any atom is -0.481 e. The first-order valence-corrected chi connectivity index (χ1v) is 6.39. The molecule has 0 radical (unpaired) electrons. The number of hydrogen-bond donors (Lipinski definition) is 3. The van der Waals surface area contributed by atoms with Gasteiger partial charge in [-0.3, -0.25) is 14.9 Å². The molecule has 7 nitrogen and oxygen atoms in total. The number of piperidine rings is 1. The summed E-state index contributed by atoms with van der Waals surface area (Å²) in [6, 6.07) is -0.500. The molecule has 3 N–H and O–H groups in total. The van der Waals surface area contributed by atoms with Crippen LogP contribution in [-0.2, 0) is 9.59 Å². The lowest BCUT2D eigenvalue weighted by molar-refractivity contribution is -0.138. The summed E-state index contributed by atoms with van der Waals surface area (Å²) < 4.78 is 0. The Morgan fingerprint density at radius 2 is 2.00 bits per heavy atom. The maximum Gasteiger partial charge on any atom is 0.321 e. The second kappa shape index (κ2) is 7.08. The smallest absolute Gasteiger partial charge is 0.321 e. The van der Waals surface area contributed by atoms with E-state index >= 15 is 0 Å². The molecule has 0 aromatic rings. The van der Waals surface area contributed by atoms with E-state index in [2.05, 4.69) is 15.5 Å². The second-order valence-corrected chi connectivity index (χ2v) is 5.05. The van der Waals surface area contributed by atoms with Crippen LogP contribution < -0.4 is 10.6 Å². The minimum atomic E-state index is -1.06. The normalized spacial score (nSPS) is 23.7. The number of hydrogen-bond acceptors (Lipinski definition) is 4. The first kappa shape index (κ1) is 15.4. The van der Waals surface area contributed by atoms with Crippen LogP contribution in [0.5, 0.6) is 0 Å². The highest BCUT2D eigenvalue weighted by Crippen LogP contribution is 2.14. The van der Waals surface area contributed by atoms with Gasteiger partial charge >= 0.3 is 12.0 Å². The lowest BCUT2D eigenvalue weighted by Crippen LogP contribution is -2.52. The van der Waals surface area contributed by atoms with E-state index in [-0.39, 0.29) is 18.9 Å². The van der Waals surface area contributed by atoms with Crippen molar-refractivity contribution in [3.63, 3.8) is 0 Å². The highest BCUT2D eigenvalue weighted by Gasteiger charge is 2.25. The average Bonchev–Trinajstić information content (AvgIpc) is 2.30. The molecule has 0 aliphatic carbocycles. The van der Waals surface area contributed by atoms with Gasteiger partial charge in [0.25, 0.3) is 0 Å². The van der Waals surface area contributed by atoms with Crippen LogP contribution in [0.3, 0.4) is 0 Å². The lowest BCUT2D eigenvalue weighted by atomic mass is 9.94. The number of carboxylic acid groups (broad SMARTS) is 1. The van der Waals surface area contributed by atoms with Crippen molar-refractivity contribution in [3.05, 3.63) is 0 Å². The maximum atomic E-state index is 11.6. The van der Waals surface area contributed by atoms with Crippen LogP contribution in [0.25, 0.3) is 0 Å². The Kier molecular flexibility index (Phi) is 5.75. The van der Waals surface area contributed by atoms with Gasteiger partial charge in [0.2, 0.25) is 5.91 Å². The molecule has 7 heteroatoms. The van der Waals surface area contributed by atoms with Crippen molar-refractivity contribution in [1.29, 1.82) is 0 Å². The Bertz CT molecular complexity index is 359. The van der Waals surface area contributed by atoms with Gasteiger partial charge in [0.1, 0.15) is 0 Å². The number of nitrogens with one attached hydrogen (secondary N) is 2. The fraction of sp³-hybridized carbons (Fsp3) is 0.750. The first-order chi connectivity index (χ1) is 8.88. The molecule has 2 unspecified atom stereocenters. The van der Waals surface area contributed by atoms with Gasteiger partial charge in [-0.15, -0.1) is 0 Å². The Morgan fingerprint density at radius 3 is 2.58 bits per heavy atom. The maximum absolute atomic E-state index is 11.6. The highest BCUT2D eigenvalue weighted by molar-refractivity contribution is 5.95. The summed E-state index contributed by atoms with van der Waals surface area (Å²) in [4.78, 5) is 35.4. The zero-order chi connectivity index (χ0) is 14.4. The number of amides is 3. The molecule has 19 heavy (non-hydrogen) atoms. The van der Waals surface area contributed by atoms with Gasteiger partial charge in [0.15, 0.2) is 0 Å². The van der Waals surface area contributed by atoms with Gasteiger partial charge in [-0.2, -0.15) is 0 Å². The summed E-state index contributed by atoms with van der Waals surface area (Å²) in [6.45, 7) is 3.85. The summed E-state index contributed by atoms with van der Waals surface area (Å²) in [5.41, 5.74) is 0. The molecule has 0 spiro atoms. The van der Waals surface area contributed by atoms with Crippen LogP contribution in [-0.4, -0.2) is 54.1 Å². The quantitative estimate of drug-likeness (QED) is 0.669. The molecule has 0 aromatic carbocycles. The van der Waals surface area contributed by atoms with Gasteiger partial charge in [-0.1, -0.05) is 6.92 Å². The molecule has 0 aromatic heterocycles. The molecule has 1 saturated heterocycles. The minimum absolute atomic E-state index is 0.0449. The zero-order valence-corrected chi connectivity index (χ0v) is 11.3. The molecule has 1 rings (SSSR count). The number of imide groups is 1. The van der Waals surface area contributed by atoms with E-state index in [1.165, 1.54) is 0 Å². The molecule has 1 fully saturated rings. The van der Waals surface area contributed by atoms with E-state index in [4.69, 9.17) is 5.11 Å². The Balaban J connectivity index is 2.30. The van der Waals surface area contributed by atoms with Crippen LogP contribution in [0.1, 0.15) is 26.2 Å². The number of carbonyl (C=O) groups is 3. The number of carbonyl (C=O) groups excluding carboxylic acids is 2. The number of carboxylic acids is 1. The topological polar surface area (TPSA) is 98.7 Å². The van der Waals surface area contributed by atoms with Crippen LogP contribution in [0.2, 0.25) is 0 Å². The van der Waals surface area contributed by atoms with E-state index in [0.29, 0.717) is 5.92 Å². The van der Waals surface area contributed by atoms with Gasteiger partial charge in [-0.25, -0.2) is 4.79 Å². The summed E-state index contributed by atoms with van der Waals surface area (Å²) >= 11 is 0. The average molecular weight is 271 g/mol. The van der Waals surface area contributed by atoms with E-state index in [9.17, 15) is 14.4 Å². The van der Waals surface area contributed by atoms with Crippen molar-refractivity contribution in [2.75, 3.05) is 20.1 Å². The van der Waals surface area contributed by atoms with Crippen LogP contribution in [0.4, 0.5) is 4.79 Å². The molecular weight excluding hydrogens is 250 g/mol. The SMILES string of the molecule is CC1CN(C)CCC1NC(=O)NC(=O)CCC(=O)O. The predicted octanol–water partition coefficient (Wildman–Crippen LogP) is 0.0172. The molecule has 2 atom stereocenters. The summed E-state index contributed by atoms with van der Waals surface area (Å²) in [7, 11) is 2.03. The summed E-state index contributed by atoms with van der Waals surface area (Å²) in [5, 5.41) is 13.3. The summed E-state index contributed by atoms with van der Waals surface area (Å²) in [5.74, 6) is -1.31. The van der Waals surface area contributed by atoms with E-state index in [0.717, 1.165) is 19.5 Å². The Morgan fingerprint density at radius 1 is 1.32 bits per heavy atom. The standard InChI is InChI=1S/C12H21N3O4/c1-8-7-15(2)6-5-9(8)13-12(19)14-10(16)3-4-11(17)18/h8-9H,3-7H2,1-2H3,(H,17,18)(H2,13,14,16,19). The fourth-order valence-electron chi connectivity index (χ4n) is 2.18. The molecule has 108 valence electrons. The van der Waals surface area contributed by atoms with Crippen molar-refractivity contribution in [2.45, 2.75) is 32.2 Å². The van der Waals surface area contributed by atoms with Gasteiger partial charge in [-0.05, 0) is 25.9 Å². The summed E-state index contributed by atoms with van der Waals surface area (Å²) in [6.07, 6.45) is 0.379. The molecule has 0 bridgehead atoms. The third kappa shape index (κ3) is 5.69. The largest absolute Gasteiger partial charge is 0.481 e. The Labute approximate surface area is 112 Å². The van der Waals surface area contributed by atoms with Gasteiger partial charge in [0, 0.05) is 19.0 Å². The van der Waals surface area contributed by atoms with E-state index < -0.39 is 17.9 Å². The zero-order valence-electron chi connectivity index (χ0n) is 11.3. The monoisotopic (exact) mass is 271 g/mol. The van der Waals surface area contributed by atoms with Crippen molar-refractivity contribution in [1.82, 2.24) is 15.5 Å². The number of likely N-dealkylation sites (tertiary alicyclic amines) is 1. The fourth-order valence-corrected chi connectivity index (χ4v) is 2.18. The van der Waals surface area contributed by atoms with Crippen LogP contribution >= 0.6 is 0 Å². The van der Waals surface area contributed by atoms with Crippen molar-refractivity contribution >= 4 is 17.9 Å². The molecule has 3 amide bonds. The lowest BCUT2D eigenvalue weighted by Gasteiger charge is -2.35. The third-order valence-corrected chi connectivity index (χ3v) is 3.24. The molecule has 1 aliphatic heterocycles. The number of rotatable bonds is 4. The van der Waals surface area contributed by atoms with Crippen LogP contribution in [0.15, 0.2) is 0 Å². The second-order valence-electron chi connectivity index (χ2n) is 5.05. The number of nitrogens with zero attached hydrogens (tertiary/aromatic N) is 1.